The molecule has 11 heteroatoms. The second-order valence-corrected chi connectivity index (χ2v) is 18.5. The molecule has 5 aromatic carbocycles. The molecule has 68 heavy (non-hydrogen) atoms. The van der Waals surface area contributed by atoms with E-state index in [1.165, 1.54) is 7.11 Å². The number of amides is 1. The number of aliphatic hydroxyl groups is 2. The van der Waals surface area contributed by atoms with Crippen LogP contribution in [0.1, 0.15) is 90.8 Å². The Bertz CT molecular complexity index is 2640. The van der Waals surface area contributed by atoms with Gasteiger partial charge in [0.15, 0.2) is 6.29 Å². The van der Waals surface area contributed by atoms with Crippen LogP contribution in [0, 0.1) is 23.7 Å². The molecule has 3 aliphatic carbocycles. The maximum Gasteiger partial charge on any atom is 0.239 e. The summed E-state index contributed by atoms with van der Waals surface area (Å²) in [5.74, 6) is -0.00865. The quantitative estimate of drug-likeness (QED) is 0.0301. The predicted octanol–water partition coefficient (Wildman–Crippen LogP) is 10.7. The number of methoxy groups -OCH3 is 1. The van der Waals surface area contributed by atoms with Crippen LogP contribution in [0.15, 0.2) is 139 Å². The van der Waals surface area contributed by atoms with E-state index in [1.54, 1.807) is 24.3 Å². The van der Waals surface area contributed by atoms with Crippen molar-refractivity contribution < 1.29 is 43.6 Å². The van der Waals surface area contributed by atoms with Crippen LogP contribution in [0.3, 0.4) is 0 Å². The number of nitrogens with zero attached hydrogens (tertiary/aromatic N) is 2. The molecule has 0 spiro atoms. The molecule has 0 radical (unpaired) electrons. The van der Waals surface area contributed by atoms with Crippen molar-refractivity contribution in [3.05, 3.63) is 156 Å². The van der Waals surface area contributed by atoms with E-state index in [9.17, 15) is 15.0 Å². The van der Waals surface area contributed by atoms with Crippen LogP contribution in [-0.2, 0) is 27.5 Å². The van der Waals surface area contributed by atoms with Crippen molar-refractivity contribution >= 4 is 28.7 Å². The fourth-order valence-electron chi connectivity index (χ4n) is 11.0. The number of carbonyl (C=O) groups excluding carboxylic acids is 2. The van der Waals surface area contributed by atoms with Crippen LogP contribution < -0.4 is 14.2 Å². The maximum absolute atomic E-state index is 15.2. The molecule has 5 aromatic rings. The molecule has 1 aliphatic heterocycles. The van der Waals surface area contributed by atoms with Crippen molar-refractivity contribution in [2.24, 2.45) is 28.8 Å². The lowest BCUT2D eigenvalue weighted by Gasteiger charge is -2.60. The van der Waals surface area contributed by atoms with Gasteiger partial charge in [-0.3, -0.25) is 9.59 Å². The number of benzene rings is 5. The molecule has 6 atom stereocenters. The number of hydrogen-bond acceptors (Lipinski definition) is 10. The zero-order valence-electron chi connectivity index (χ0n) is 38.8. The number of fused-ring (bicyclic) bond motifs is 3. The predicted molar refractivity (Wildman–Crippen MR) is 262 cm³/mol. The topological polar surface area (TPSA) is 136 Å². The van der Waals surface area contributed by atoms with Crippen molar-refractivity contribution in [3.63, 3.8) is 0 Å². The van der Waals surface area contributed by atoms with Gasteiger partial charge in [0, 0.05) is 43.6 Å². The van der Waals surface area contributed by atoms with E-state index in [4.69, 9.17) is 28.9 Å². The molecule has 0 aromatic heterocycles. The summed E-state index contributed by atoms with van der Waals surface area (Å²) in [5, 5.41) is 27.3. The van der Waals surface area contributed by atoms with Crippen LogP contribution in [0.25, 0.3) is 10.8 Å². The first kappa shape index (κ1) is 46.8. The molecular formula is C57H62N2O9. The first-order valence-electron chi connectivity index (χ1n) is 24.2. The number of hydrogen-bond donors (Lipinski definition) is 2. The fourth-order valence-corrected chi connectivity index (χ4v) is 11.0. The lowest BCUT2D eigenvalue weighted by Crippen LogP contribution is -2.70. The fraction of sp³-hybridized carbons (Fsp3) is 0.386. The summed E-state index contributed by atoms with van der Waals surface area (Å²) in [7, 11) is 1.53. The molecular weight excluding hydrogens is 857 g/mol. The van der Waals surface area contributed by atoms with Crippen molar-refractivity contribution in [2.75, 3.05) is 26.9 Å². The summed E-state index contributed by atoms with van der Waals surface area (Å²) in [6, 6.07) is 34.9. The van der Waals surface area contributed by atoms with Crippen LogP contribution in [0.4, 0.5) is 0 Å². The SMILES string of the molecule is C=CCO[C@@]12Oc3ccc(Oc4ccc(OC)c(C=O)c4)cc3[C@H]3[C@H](CCCCO)[C@@H](CCCCO)C=C(C(=NOCc4ccccc4)C[C@@H]1N(Cc1cccc4ccccc14)C(=O)C1CC1)[C@H]32. The number of aliphatic hydroxyl groups excluding tert-OH is 2. The average Bonchev–Trinajstić information content (AvgIpc) is 4.23. The standard InChI is InChI=1S/C57H62N2O9/c1-3-30-65-57-53(59(56(63)40-22-23-40)35-42-19-13-18-39-16-7-8-20-46(39)42)34-50(58-66-37-38-14-5-4-6-15-38)48-32-41(17-9-11-28-60)47(21-10-12-29-61)54(55(48)57)49-33-45(25-27-52(49)68-57)67-44-24-26-51(64-2)43(31-44)36-62/h3-8,13-16,18-20,24-27,31-33,36,40-41,47,53-55,60-61H,1,9-12,17,21-23,28-30,34-35,37H2,2H3/t41-,47+,53-,54+,55+,57+/m0/s1. The van der Waals surface area contributed by atoms with Crippen LogP contribution >= 0.6 is 0 Å². The third-order valence-electron chi connectivity index (χ3n) is 14.3. The Hall–Kier alpha value is -6.27. The Morgan fingerprint density at radius 2 is 1.65 bits per heavy atom. The smallest absolute Gasteiger partial charge is 0.239 e. The molecule has 0 unspecified atom stereocenters. The van der Waals surface area contributed by atoms with Gasteiger partial charge >= 0.3 is 0 Å². The largest absolute Gasteiger partial charge is 0.496 e. The van der Waals surface area contributed by atoms with Crippen molar-refractivity contribution in [3.8, 4) is 23.0 Å². The van der Waals surface area contributed by atoms with Crippen molar-refractivity contribution in [1.82, 2.24) is 4.90 Å². The maximum atomic E-state index is 15.2. The molecule has 2 N–H and O–H groups in total. The summed E-state index contributed by atoms with van der Waals surface area (Å²) < 4.78 is 26.8. The molecule has 0 bridgehead atoms. The van der Waals surface area contributed by atoms with Crippen molar-refractivity contribution in [2.45, 2.75) is 88.7 Å². The summed E-state index contributed by atoms with van der Waals surface area (Å²) >= 11 is 0. The molecule has 11 nitrogen and oxygen atoms in total. The number of allylic oxidation sites excluding steroid dienone is 1. The van der Waals surface area contributed by atoms with Gasteiger partial charge in [-0.15, -0.1) is 6.58 Å². The van der Waals surface area contributed by atoms with Gasteiger partial charge in [-0.05, 0) is 114 Å². The van der Waals surface area contributed by atoms with E-state index in [1.807, 2.05) is 65.6 Å². The lowest BCUT2D eigenvalue weighted by atomic mass is 9.55. The van der Waals surface area contributed by atoms with E-state index in [0.29, 0.717) is 54.4 Å². The Labute approximate surface area is 399 Å². The zero-order chi connectivity index (χ0) is 47.0. The highest BCUT2D eigenvalue weighted by molar-refractivity contribution is 6.03. The third kappa shape index (κ3) is 9.70. The zero-order valence-corrected chi connectivity index (χ0v) is 38.8. The molecule has 1 heterocycles. The summed E-state index contributed by atoms with van der Waals surface area (Å²) in [4.78, 5) is 35.6. The van der Waals surface area contributed by atoms with Crippen LogP contribution in [0.2, 0.25) is 0 Å². The van der Waals surface area contributed by atoms with E-state index in [2.05, 4.69) is 43.0 Å². The first-order valence-corrected chi connectivity index (χ1v) is 24.2. The second-order valence-electron chi connectivity index (χ2n) is 18.5. The molecule has 1 amide bonds. The lowest BCUT2D eigenvalue weighted by molar-refractivity contribution is -0.258. The van der Waals surface area contributed by atoms with Gasteiger partial charge in [0.05, 0.1) is 30.9 Å². The Morgan fingerprint density at radius 3 is 2.41 bits per heavy atom. The number of rotatable bonds is 22. The van der Waals surface area contributed by atoms with Gasteiger partial charge in [0.2, 0.25) is 11.7 Å². The van der Waals surface area contributed by atoms with E-state index < -0.39 is 17.7 Å². The number of carbonyl (C=O) groups is 2. The Balaban J connectivity index is 1.25. The molecule has 2 fully saturated rings. The van der Waals surface area contributed by atoms with Crippen molar-refractivity contribution in [1.29, 1.82) is 0 Å². The van der Waals surface area contributed by atoms with Gasteiger partial charge in [0.1, 0.15) is 35.6 Å². The van der Waals surface area contributed by atoms with E-state index >= 15 is 4.79 Å². The van der Waals surface area contributed by atoms with Gasteiger partial charge in [-0.25, -0.2) is 0 Å². The molecule has 0 saturated heterocycles. The highest BCUT2D eigenvalue weighted by atomic mass is 16.7. The van der Waals surface area contributed by atoms with Gasteiger partial charge in [-0.1, -0.05) is 103 Å². The second kappa shape index (κ2) is 21.4. The summed E-state index contributed by atoms with van der Waals surface area (Å²) in [6.07, 6.45) is 11.3. The number of aldehydes is 1. The molecule has 354 valence electrons. The average molecular weight is 919 g/mol. The minimum atomic E-state index is -1.41. The highest BCUT2D eigenvalue weighted by Crippen LogP contribution is 2.62. The van der Waals surface area contributed by atoms with Crippen LogP contribution in [-0.4, -0.2) is 71.8 Å². The Morgan fingerprint density at radius 1 is 0.897 bits per heavy atom. The minimum Gasteiger partial charge on any atom is -0.496 e. The summed E-state index contributed by atoms with van der Waals surface area (Å²) in [6.45, 7) is 5.03. The van der Waals surface area contributed by atoms with Crippen LogP contribution in [0.5, 0.6) is 23.0 Å². The monoisotopic (exact) mass is 918 g/mol. The third-order valence-corrected chi connectivity index (χ3v) is 14.3. The molecule has 2 saturated carbocycles. The number of oxime groups is 1. The molecule has 4 aliphatic rings. The molecule has 9 rings (SSSR count). The Kier molecular flexibility index (Phi) is 14.7. The minimum absolute atomic E-state index is 0.0251. The normalized spacial score (nSPS) is 23.1. The number of unbranched alkanes of at least 4 members (excludes halogenated alkanes) is 2. The van der Waals surface area contributed by atoms with Gasteiger partial charge in [0.25, 0.3) is 0 Å². The van der Waals surface area contributed by atoms with E-state index in [-0.39, 0.29) is 56.0 Å². The van der Waals surface area contributed by atoms with E-state index in [0.717, 1.165) is 83.6 Å². The highest BCUT2D eigenvalue weighted by Gasteiger charge is 2.66. The first-order chi connectivity index (χ1) is 33.4. The van der Waals surface area contributed by atoms with Gasteiger partial charge < -0.3 is 38.9 Å². The van der Waals surface area contributed by atoms with Gasteiger partial charge in [-0.2, -0.15) is 0 Å². The number of ether oxygens (including phenoxy) is 4. The summed E-state index contributed by atoms with van der Waals surface area (Å²) in [5.41, 5.74) is 5.01.